The van der Waals surface area contributed by atoms with E-state index < -0.39 is 23.8 Å². The van der Waals surface area contributed by atoms with Crippen molar-refractivity contribution < 1.29 is 23.8 Å². The molecule has 5 nitrogen and oxygen atoms in total. The van der Waals surface area contributed by atoms with Gasteiger partial charge in [-0.2, -0.15) is 4.99 Å². The van der Waals surface area contributed by atoms with E-state index in [0.717, 1.165) is 24.0 Å². The van der Waals surface area contributed by atoms with E-state index in [1.54, 1.807) is 18.2 Å². The fourth-order valence-corrected chi connectivity index (χ4v) is 3.96. The average Bonchev–Trinajstić information content (AvgIpc) is 3.35. The molecule has 0 saturated heterocycles. The zero-order chi connectivity index (χ0) is 19.0. The van der Waals surface area contributed by atoms with Crippen LogP contribution in [0.25, 0.3) is 0 Å². The van der Waals surface area contributed by atoms with Crippen molar-refractivity contribution in [1.82, 2.24) is 0 Å². The number of carbonyl (C=O) groups is 2. The molecular weight excluding hydrogens is 349 g/mol. The molecule has 0 radical (unpaired) electrons. The van der Waals surface area contributed by atoms with Gasteiger partial charge in [-0.15, -0.1) is 0 Å². The molecule has 6 heteroatoms. The van der Waals surface area contributed by atoms with Gasteiger partial charge in [0.15, 0.2) is 0 Å². The van der Waals surface area contributed by atoms with Crippen molar-refractivity contribution >= 4 is 17.8 Å². The maximum absolute atomic E-state index is 13.8. The van der Waals surface area contributed by atoms with Crippen molar-refractivity contribution in [3.8, 4) is 0 Å². The number of hydrogen-bond acceptors (Lipinski definition) is 3. The van der Waals surface area contributed by atoms with E-state index >= 15 is 0 Å². The molecule has 1 spiro atoms. The van der Waals surface area contributed by atoms with E-state index in [4.69, 9.17) is 4.74 Å². The lowest BCUT2D eigenvalue weighted by Crippen LogP contribution is -2.28. The van der Waals surface area contributed by atoms with Crippen molar-refractivity contribution in [3.05, 3.63) is 71.0 Å². The second-order valence-electron chi connectivity index (χ2n) is 7.16. The molecular formula is C21H18FNO4. The fourth-order valence-electron chi connectivity index (χ4n) is 3.96. The first-order chi connectivity index (χ1) is 13.0. The summed E-state index contributed by atoms with van der Waals surface area (Å²) >= 11 is 0. The number of halogens is 1. The first-order valence-corrected chi connectivity index (χ1v) is 8.79. The van der Waals surface area contributed by atoms with Gasteiger partial charge < -0.3 is 9.84 Å². The van der Waals surface area contributed by atoms with Crippen LogP contribution in [0.1, 0.15) is 35.4 Å². The topological polar surface area (TPSA) is 76.0 Å². The Balaban J connectivity index is 1.61. The number of fused-ring (bicyclic) bond motifs is 1. The number of nitrogens with zero attached hydrogens (tertiary/aromatic N) is 1. The molecule has 0 aliphatic heterocycles. The number of aliphatic carboxylic acids is 1. The van der Waals surface area contributed by atoms with E-state index in [-0.39, 0.29) is 17.7 Å². The van der Waals surface area contributed by atoms with Gasteiger partial charge in [0.25, 0.3) is 0 Å². The summed E-state index contributed by atoms with van der Waals surface area (Å²) in [6.45, 7) is 0.0110. The molecule has 0 aromatic heterocycles. The Labute approximate surface area is 155 Å². The maximum atomic E-state index is 13.8. The van der Waals surface area contributed by atoms with Crippen LogP contribution in [0.15, 0.2) is 53.5 Å². The molecule has 1 fully saturated rings. The predicted octanol–water partition coefficient (Wildman–Crippen LogP) is 4.11. The van der Waals surface area contributed by atoms with Crippen LogP contribution in [-0.4, -0.2) is 22.9 Å². The molecule has 2 aliphatic rings. The second-order valence-corrected chi connectivity index (χ2v) is 7.16. The molecule has 2 aromatic rings. The number of hydrogen-bond donors (Lipinski definition) is 1. The van der Waals surface area contributed by atoms with Crippen LogP contribution >= 0.6 is 0 Å². The number of rotatable bonds is 4. The summed E-state index contributed by atoms with van der Waals surface area (Å²) in [6, 6.07) is 13.5. The second kappa shape index (κ2) is 6.61. The number of aliphatic imine (C=N–C) groups is 1. The Hall–Kier alpha value is -3.02. The molecule has 0 heterocycles. The van der Waals surface area contributed by atoms with Gasteiger partial charge in [0.2, 0.25) is 0 Å². The van der Waals surface area contributed by atoms with Crippen LogP contribution in [0.5, 0.6) is 0 Å². The quantitative estimate of drug-likeness (QED) is 0.825. The van der Waals surface area contributed by atoms with Crippen molar-refractivity contribution in [3.63, 3.8) is 0 Å². The molecule has 2 aromatic carbocycles. The van der Waals surface area contributed by atoms with Gasteiger partial charge >= 0.3 is 12.1 Å². The standard InChI is InChI=1S/C21H18FNO4/c22-15-7-6-14-11-21(8-9-21)17(16(14)10-15)18(19(24)25)23-20(26)27-12-13-4-2-1-3-5-13/h1-7,10,17H,8-9,11-12H2,(H,24,25)/t17-/m0/s1. The Morgan fingerprint density at radius 3 is 2.59 bits per heavy atom. The predicted molar refractivity (Wildman–Crippen MR) is 96.2 cm³/mol. The Kier molecular flexibility index (Phi) is 4.26. The zero-order valence-corrected chi connectivity index (χ0v) is 14.5. The monoisotopic (exact) mass is 367 g/mol. The third kappa shape index (κ3) is 3.35. The lowest BCUT2D eigenvalue weighted by Gasteiger charge is -2.19. The first-order valence-electron chi connectivity index (χ1n) is 8.79. The first kappa shape index (κ1) is 17.4. The largest absolute Gasteiger partial charge is 0.477 e. The summed E-state index contributed by atoms with van der Waals surface area (Å²) in [6.07, 6.45) is 1.40. The lowest BCUT2D eigenvalue weighted by molar-refractivity contribution is -0.129. The third-order valence-electron chi connectivity index (χ3n) is 5.38. The van der Waals surface area contributed by atoms with Crippen LogP contribution in [0.2, 0.25) is 0 Å². The molecule has 0 bridgehead atoms. The van der Waals surface area contributed by atoms with Gasteiger partial charge in [-0.1, -0.05) is 36.4 Å². The SMILES string of the molecule is O=C(N=C(C(=O)O)[C@@H]1c2cc(F)ccc2CC12CC2)OCc1ccccc1. The van der Waals surface area contributed by atoms with Crippen LogP contribution in [0.4, 0.5) is 9.18 Å². The summed E-state index contributed by atoms with van der Waals surface area (Å²) in [5.41, 5.74) is 1.78. The average molecular weight is 367 g/mol. The van der Waals surface area contributed by atoms with Crippen LogP contribution < -0.4 is 0 Å². The van der Waals surface area contributed by atoms with Crippen LogP contribution in [0, 0.1) is 11.2 Å². The number of carbonyl (C=O) groups excluding carboxylic acids is 1. The van der Waals surface area contributed by atoms with Crippen molar-refractivity contribution in [1.29, 1.82) is 0 Å². The number of carboxylic acids is 1. The lowest BCUT2D eigenvalue weighted by atomic mass is 9.85. The molecule has 4 rings (SSSR count). The summed E-state index contributed by atoms with van der Waals surface area (Å²) < 4.78 is 18.9. The van der Waals surface area contributed by atoms with Crippen molar-refractivity contribution in [2.24, 2.45) is 10.4 Å². The minimum Gasteiger partial charge on any atom is -0.477 e. The van der Waals surface area contributed by atoms with Crippen molar-refractivity contribution in [2.75, 3.05) is 0 Å². The maximum Gasteiger partial charge on any atom is 0.434 e. The number of ether oxygens (including phenoxy) is 1. The Morgan fingerprint density at radius 2 is 1.93 bits per heavy atom. The summed E-state index contributed by atoms with van der Waals surface area (Å²) in [5, 5.41) is 9.69. The Bertz CT molecular complexity index is 934. The third-order valence-corrected chi connectivity index (χ3v) is 5.38. The highest BCUT2D eigenvalue weighted by Gasteiger charge is 2.57. The van der Waals surface area contributed by atoms with Gasteiger partial charge in [-0.25, -0.2) is 14.0 Å². The van der Waals surface area contributed by atoms with Crippen molar-refractivity contribution in [2.45, 2.75) is 31.8 Å². The molecule has 138 valence electrons. The Morgan fingerprint density at radius 1 is 1.19 bits per heavy atom. The number of benzene rings is 2. The molecule has 0 unspecified atom stereocenters. The summed E-state index contributed by atoms with van der Waals surface area (Å²) in [7, 11) is 0. The summed E-state index contributed by atoms with van der Waals surface area (Å²) in [5.74, 6) is -2.29. The van der Waals surface area contributed by atoms with E-state index in [1.165, 1.54) is 12.1 Å². The van der Waals surface area contributed by atoms with E-state index in [1.807, 2.05) is 18.2 Å². The smallest absolute Gasteiger partial charge is 0.434 e. The highest BCUT2D eigenvalue weighted by Crippen LogP contribution is 2.63. The van der Waals surface area contributed by atoms with E-state index in [0.29, 0.717) is 12.0 Å². The van der Waals surface area contributed by atoms with Gasteiger partial charge in [0.1, 0.15) is 18.1 Å². The normalized spacial score (nSPS) is 19.6. The van der Waals surface area contributed by atoms with Crippen LogP contribution in [0.3, 0.4) is 0 Å². The van der Waals surface area contributed by atoms with E-state index in [9.17, 15) is 19.1 Å². The highest BCUT2D eigenvalue weighted by molar-refractivity contribution is 6.39. The molecule has 1 atom stereocenters. The molecule has 1 saturated carbocycles. The van der Waals surface area contributed by atoms with Gasteiger partial charge in [-0.05, 0) is 53.5 Å². The van der Waals surface area contributed by atoms with E-state index in [2.05, 4.69) is 4.99 Å². The fraction of sp³-hybridized carbons (Fsp3) is 0.286. The minimum atomic E-state index is -1.28. The molecule has 1 amide bonds. The minimum absolute atomic E-state index is 0.0110. The highest BCUT2D eigenvalue weighted by atomic mass is 19.1. The van der Waals surface area contributed by atoms with Gasteiger partial charge in [0, 0.05) is 5.92 Å². The molecule has 2 aliphatic carbocycles. The number of carboxylic acid groups (broad SMARTS) is 1. The van der Waals surface area contributed by atoms with Gasteiger partial charge in [-0.3, -0.25) is 0 Å². The summed E-state index contributed by atoms with van der Waals surface area (Å²) in [4.78, 5) is 27.8. The number of amides is 1. The molecule has 1 N–H and O–H groups in total. The van der Waals surface area contributed by atoms with Gasteiger partial charge in [0.05, 0.1) is 0 Å². The van der Waals surface area contributed by atoms with Crippen LogP contribution in [-0.2, 0) is 22.6 Å². The zero-order valence-electron chi connectivity index (χ0n) is 14.5. The molecule has 27 heavy (non-hydrogen) atoms.